The molecule has 0 spiro atoms. The van der Waals surface area contributed by atoms with Crippen LogP contribution >= 0.6 is 15.9 Å². The maximum atomic E-state index is 13.0. The summed E-state index contributed by atoms with van der Waals surface area (Å²) in [6.45, 7) is 3.50. The van der Waals surface area contributed by atoms with Gasteiger partial charge >= 0.3 is 6.03 Å². The summed E-state index contributed by atoms with van der Waals surface area (Å²) in [6.07, 6.45) is 7.37. The molecule has 1 saturated heterocycles. The number of likely N-dealkylation sites (tertiary alicyclic amines) is 1. The largest absolute Gasteiger partial charge is 0.326 e. The second kappa shape index (κ2) is 8.14. The minimum absolute atomic E-state index is 0.0296. The van der Waals surface area contributed by atoms with Crippen molar-refractivity contribution in [2.45, 2.75) is 32.4 Å². The van der Waals surface area contributed by atoms with Gasteiger partial charge in [-0.1, -0.05) is 12.1 Å². The van der Waals surface area contributed by atoms with Gasteiger partial charge in [-0.05, 0) is 65.5 Å². The smallest absolute Gasteiger partial charge is 0.322 e. The van der Waals surface area contributed by atoms with Gasteiger partial charge in [0.05, 0.1) is 11.7 Å². The predicted octanol–water partition coefficient (Wildman–Crippen LogP) is 4.77. The first-order chi connectivity index (χ1) is 13.6. The van der Waals surface area contributed by atoms with Crippen LogP contribution in [-0.2, 0) is 6.54 Å². The van der Waals surface area contributed by atoms with Gasteiger partial charge < -0.3 is 14.8 Å². The Hall–Kier alpha value is -2.67. The number of amides is 2. The summed E-state index contributed by atoms with van der Waals surface area (Å²) in [5.74, 6) is 0.939. The van der Waals surface area contributed by atoms with Crippen molar-refractivity contribution in [2.24, 2.45) is 0 Å². The van der Waals surface area contributed by atoms with Gasteiger partial charge in [0.1, 0.15) is 5.82 Å². The van der Waals surface area contributed by atoms with Crippen LogP contribution in [0.2, 0.25) is 0 Å². The summed E-state index contributed by atoms with van der Waals surface area (Å²) < 4.78 is 3.07. The van der Waals surface area contributed by atoms with Crippen LogP contribution in [-0.4, -0.2) is 32.0 Å². The highest BCUT2D eigenvalue weighted by molar-refractivity contribution is 9.10. The van der Waals surface area contributed by atoms with Crippen molar-refractivity contribution in [1.29, 1.82) is 0 Å². The van der Waals surface area contributed by atoms with Crippen LogP contribution in [0, 0.1) is 6.92 Å². The third-order valence-corrected chi connectivity index (χ3v) is 5.79. The highest BCUT2D eigenvalue weighted by atomic mass is 79.9. The quantitative estimate of drug-likeness (QED) is 0.636. The molecule has 1 unspecified atom stereocenters. The molecule has 0 radical (unpaired) electrons. The van der Waals surface area contributed by atoms with Gasteiger partial charge in [-0.15, -0.1) is 0 Å². The molecule has 6 nitrogen and oxygen atoms in total. The van der Waals surface area contributed by atoms with Crippen LogP contribution in [0.15, 0.2) is 59.5 Å². The predicted molar refractivity (Wildman–Crippen MR) is 112 cm³/mol. The molecule has 0 saturated carbocycles. The molecule has 28 heavy (non-hydrogen) atoms. The molecule has 0 bridgehead atoms. The fraction of sp³-hybridized carbons (Fsp3) is 0.286. The van der Waals surface area contributed by atoms with Gasteiger partial charge in [0, 0.05) is 41.8 Å². The first kappa shape index (κ1) is 18.7. The first-order valence-corrected chi connectivity index (χ1v) is 10.2. The number of para-hydroxylation sites is 1. The van der Waals surface area contributed by atoms with Crippen LogP contribution in [0.1, 0.15) is 36.0 Å². The number of hydrogen-bond donors (Lipinski definition) is 1. The Kier molecular flexibility index (Phi) is 5.43. The van der Waals surface area contributed by atoms with Gasteiger partial charge in [0.25, 0.3) is 0 Å². The van der Waals surface area contributed by atoms with Crippen molar-refractivity contribution < 1.29 is 4.79 Å². The maximum Gasteiger partial charge on any atom is 0.322 e. The third-order valence-electron chi connectivity index (χ3n) is 5.10. The molecule has 1 aromatic carbocycles. The number of rotatable bonds is 4. The van der Waals surface area contributed by atoms with Crippen molar-refractivity contribution in [3.63, 3.8) is 0 Å². The fourth-order valence-electron chi connectivity index (χ4n) is 3.65. The standard InChI is InChI=1S/C21H22BrN5O/c1-15-13-24-20(27(15)14-16-8-10-23-11-9-16)19-7-4-12-26(19)21(28)25-18-6-3-2-5-17(18)22/h2-3,5-6,8-11,13,19H,4,7,12,14H2,1H3,(H,25,28). The Morgan fingerprint density at radius 1 is 1.25 bits per heavy atom. The Morgan fingerprint density at radius 3 is 2.82 bits per heavy atom. The zero-order valence-corrected chi connectivity index (χ0v) is 17.3. The second-order valence-electron chi connectivity index (χ2n) is 6.96. The molecule has 0 aliphatic carbocycles. The van der Waals surface area contributed by atoms with Gasteiger partial charge in [-0.2, -0.15) is 0 Å². The van der Waals surface area contributed by atoms with E-state index in [4.69, 9.17) is 0 Å². The summed E-state index contributed by atoms with van der Waals surface area (Å²) in [4.78, 5) is 23.6. The summed E-state index contributed by atoms with van der Waals surface area (Å²) in [7, 11) is 0. The van der Waals surface area contributed by atoms with Crippen molar-refractivity contribution in [2.75, 3.05) is 11.9 Å². The van der Waals surface area contributed by atoms with E-state index in [0.717, 1.165) is 47.6 Å². The Morgan fingerprint density at radius 2 is 2.04 bits per heavy atom. The monoisotopic (exact) mass is 439 g/mol. The molecule has 144 valence electrons. The molecule has 1 fully saturated rings. The molecule has 2 aromatic heterocycles. The number of anilines is 1. The molecule has 3 aromatic rings. The number of nitrogens with zero attached hydrogens (tertiary/aromatic N) is 4. The third kappa shape index (κ3) is 3.80. The van der Waals surface area contributed by atoms with E-state index >= 15 is 0 Å². The zero-order valence-electron chi connectivity index (χ0n) is 15.7. The molecular formula is C21H22BrN5O. The highest BCUT2D eigenvalue weighted by Gasteiger charge is 2.33. The van der Waals surface area contributed by atoms with Crippen molar-refractivity contribution in [1.82, 2.24) is 19.4 Å². The average Bonchev–Trinajstić information content (AvgIpc) is 3.32. The Labute approximate surface area is 172 Å². The van der Waals surface area contributed by atoms with Crippen LogP contribution < -0.4 is 5.32 Å². The number of nitrogens with one attached hydrogen (secondary N) is 1. The molecule has 3 heterocycles. The van der Waals surface area contributed by atoms with Crippen LogP contribution in [0.5, 0.6) is 0 Å². The van der Waals surface area contributed by atoms with Crippen molar-refractivity contribution in [3.05, 3.63) is 76.5 Å². The van der Waals surface area contributed by atoms with Crippen LogP contribution in [0.25, 0.3) is 0 Å². The summed E-state index contributed by atoms with van der Waals surface area (Å²) in [5, 5.41) is 3.02. The molecule has 7 heteroatoms. The lowest BCUT2D eigenvalue weighted by Gasteiger charge is -2.26. The maximum absolute atomic E-state index is 13.0. The molecule has 1 aliphatic heterocycles. The van der Waals surface area contributed by atoms with Crippen LogP contribution in [0.3, 0.4) is 0 Å². The van der Waals surface area contributed by atoms with E-state index in [0.29, 0.717) is 0 Å². The summed E-state index contributed by atoms with van der Waals surface area (Å²) in [5.41, 5.74) is 3.03. The number of imidazole rings is 1. The molecule has 1 atom stereocenters. The van der Waals surface area contributed by atoms with E-state index in [1.807, 2.05) is 47.5 Å². The van der Waals surface area contributed by atoms with Gasteiger partial charge in [-0.3, -0.25) is 4.98 Å². The van der Waals surface area contributed by atoms with Gasteiger partial charge in [-0.25, -0.2) is 9.78 Å². The molecule has 2 amide bonds. The van der Waals surface area contributed by atoms with E-state index in [2.05, 4.69) is 42.7 Å². The number of carbonyl (C=O) groups is 1. The number of carbonyl (C=O) groups excluding carboxylic acids is 1. The topological polar surface area (TPSA) is 63.1 Å². The van der Waals surface area contributed by atoms with Crippen molar-refractivity contribution in [3.8, 4) is 0 Å². The number of pyridine rings is 1. The Bertz CT molecular complexity index is 972. The minimum Gasteiger partial charge on any atom is -0.326 e. The number of benzene rings is 1. The fourth-order valence-corrected chi connectivity index (χ4v) is 4.03. The lowest BCUT2D eigenvalue weighted by atomic mass is 10.2. The molecule has 1 N–H and O–H groups in total. The molecular weight excluding hydrogens is 418 g/mol. The SMILES string of the molecule is Cc1cnc(C2CCCN2C(=O)Nc2ccccc2Br)n1Cc1ccncc1. The first-order valence-electron chi connectivity index (χ1n) is 9.36. The number of halogens is 1. The van der Waals surface area contributed by atoms with E-state index < -0.39 is 0 Å². The Balaban J connectivity index is 1.57. The highest BCUT2D eigenvalue weighted by Crippen LogP contribution is 2.33. The number of hydrogen-bond acceptors (Lipinski definition) is 3. The van der Waals surface area contributed by atoms with Crippen LogP contribution in [0.4, 0.5) is 10.5 Å². The van der Waals surface area contributed by atoms with E-state index in [-0.39, 0.29) is 12.1 Å². The van der Waals surface area contributed by atoms with E-state index in [1.165, 1.54) is 5.56 Å². The molecule has 1 aliphatic rings. The number of aryl methyl sites for hydroxylation is 1. The number of aromatic nitrogens is 3. The molecule has 4 rings (SSSR count). The summed E-state index contributed by atoms with van der Waals surface area (Å²) in [6, 6.07) is 11.5. The average molecular weight is 440 g/mol. The van der Waals surface area contributed by atoms with E-state index in [9.17, 15) is 4.79 Å². The van der Waals surface area contributed by atoms with Gasteiger partial charge in [0.15, 0.2) is 0 Å². The zero-order chi connectivity index (χ0) is 19.5. The lowest BCUT2D eigenvalue weighted by molar-refractivity contribution is 0.204. The lowest BCUT2D eigenvalue weighted by Crippen LogP contribution is -2.35. The second-order valence-corrected chi connectivity index (χ2v) is 7.82. The normalized spacial score (nSPS) is 16.4. The summed E-state index contributed by atoms with van der Waals surface area (Å²) >= 11 is 3.49. The number of urea groups is 1. The van der Waals surface area contributed by atoms with Crippen molar-refractivity contribution >= 4 is 27.6 Å². The van der Waals surface area contributed by atoms with Gasteiger partial charge in [0.2, 0.25) is 0 Å². The van der Waals surface area contributed by atoms with E-state index in [1.54, 1.807) is 12.4 Å². The minimum atomic E-state index is -0.0921.